The number of fused-ring (bicyclic) bond motifs is 1. The number of nitrogens with zero attached hydrogens (tertiary/aromatic N) is 4. The van der Waals surface area contributed by atoms with Crippen LogP contribution in [0.3, 0.4) is 0 Å². The molecular weight excluding hydrogens is 474 g/mol. The number of anilines is 3. The van der Waals surface area contributed by atoms with Gasteiger partial charge in [-0.15, -0.1) is 0 Å². The molecule has 0 bridgehead atoms. The van der Waals surface area contributed by atoms with Crippen LogP contribution < -0.4 is 21.2 Å². The average molecular weight is 502 g/mol. The number of allylic oxidation sites excluding steroid dienone is 3. The molecule has 36 heavy (non-hydrogen) atoms. The van der Waals surface area contributed by atoms with Crippen LogP contribution in [-0.2, 0) is 0 Å². The number of halogens is 1. The molecule has 1 unspecified atom stereocenters. The zero-order valence-corrected chi connectivity index (χ0v) is 20.9. The lowest BCUT2D eigenvalue weighted by Gasteiger charge is -2.20. The molecule has 0 fully saturated rings. The lowest BCUT2D eigenvalue weighted by Crippen LogP contribution is -2.29. The summed E-state index contributed by atoms with van der Waals surface area (Å²) in [5.74, 6) is 1.09. The molecule has 5 rings (SSSR count). The third kappa shape index (κ3) is 5.21. The fourth-order valence-corrected chi connectivity index (χ4v) is 4.29. The molecule has 2 aromatic carbocycles. The molecule has 8 nitrogen and oxygen atoms in total. The number of hydrogen-bond donors (Lipinski definition) is 3. The maximum absolute atomic E-state index is 6.34. The Morgan fingerprint density at radius 1 is 1.17 bits per heavy atom. The first-order valence-electron chi connectivity index (χ1n) is 11.7. The molecule has 1 aromatic heterocycles. The first kappa shape index (κ1) is 23.9. The van der Waals surface area contributed by atoms with Gasteiger partial charge < -0.3 is 20.7 Å². The van der Waals surface area contributed by atoms with E-state index in [0.29, 0.717) is 29.0 Å². The third-order valence-corrected chi connectivity index (χ3v) is 6.16. The van der Waals surface area contributed by atoms with Gasteiger partial charge in [-0.05, 0) is 62.1 Å². The van der Waals surface area contributed by atoms with E-state index in [-0.39, 0.29) is 6.04 Å². The molecule has 9 heteroatoms. The van der Waals surface area contributed by atoms with Gasteiger partial charge in [-0.3, -0.25) is 5.01 Å². The highest BCUT2D eigenvalue weighted by molar-refractivity contribution is 6.32. The molecule has 4 N–H and O–H groups in total. The first-order valence-corrected chi connectivity index (χ1v) is 12.0. The summed E-state index contributed by atoms with van der Waals surface area (Å²) in [7, 11) is 4.00. The highest BCUT2D eigenvalue weighted by atomic mass is 35.5. The molecule has 0 amide bonds. The van der Waals surface area contributed by atoms with E-state index < -0.39 is 0 Å². The van der Waals surface area contributed by atoms with Crippen LogP contribution in [0.2, 0.25) is 5.02 Å². The van der Waals surface area contributed by atoms with Gasteiger partial charge in [0, 0.05) is 42.0 Å². The Morgan fingerprint density at radius 3 is 2.89 bits per heavy atom. The van der Waals surface area contributed by atoms with Crippen molar-refractivity contribution in [2.45, 2.75) is 6.04 Å². The van der Waals surface area contributed by atoms with Crippen molar-refractivity contribution in [3.8, 4) is 5.75 Å². The SMILES string of the molecule is CN(C)CCOc1cc(Nc2nccc(C3=C4C=CC=CN4NC3c3cccc(N)c3)n2)ccc1Cl. The molecule has 2 aliphatic heterocycles. The number of nitrogens with two attached hydrogens (primary N) is 1. The second-order valence-corrected chi connectivity index (χ2v) is 9.20. The molecular formula is C27H28ClN7O. The van der Waals surface area contributed by atoms with Gasteiger partial charge >= 0.3 is 0 Å². The molecule has 2 aliphatic rings. The van der Waals surface area contributed by atoms with E-state index in [0.717, 1.165) is 34.8 Å². The fraction of sp³-hybridized carbons (Fsp3) is 0.185. The van der Waals surface area contributed by atoms with Crippen LogP contribution >= 0.6 is 11.6 Å². The molecule has 1 atom stereocenters. The number of ether oxygens (including phenoxy) is 1. The van der Waals surface area contributed by atoms with Crippen molar-refractivity contribution in [1.82, 2.24) is 25.3 Å². The monoisotopic (exact) mass is 501 g/mol. The summed E-state index contributed by atoms with van der Waals surface area (Å²) >= 11 is 6.34. The van der Waals surface area contributed by atoms with Crippen molar-refractivity contribution in [3.05, 3.63) is 101 Å². The second-order valence-electron chi connectivity index (χ2n) is 8.79. The van der Waals surface area contributed by atoms with Crippen molar-refractivity contribution >= 4 is 34.5 Å². The van der Waals surface area contributed by atoms with Gasteiger partial charge in [-0.1, -0.05) is 29.8 Å². The predicted molar refractivity (Wildman–Crippen MR) is 145 cm³/mol. The number of hydrazine groups is 1. The van der Waals surface area contributed by atoms with E-state index >= 15 is 0 Å². The Balaban J connectivity index is 1.44. The number of nitrogens with one attached hydrogen (secondary N) is 2. The lowest BCUT2D eigenvalue weighted by atomic mass is 9.95. The summed E-state index contributed by atoms with van der Waals surface area (Å²) in [6.07, 6.45) is 9.82. The summed E-state index contributed by atoms with van der Waals surface area (Å²) in [5, 5.41) is 5.86. The highest BCUT2D eigenvalue weighted by Crippen LogP contribution is 2.40. The van der Waals surface area contributed by atoms with Gasteiger partial charge in [-0.2, -0.15) is 0 Å². The second kappa shape index (κ2) is 10.4. The number of rotatable bonds is 8. The smallest absolute Gasteiger partial charge is 0.227 e. The number of benzene rings is 2. The Labute approximate surface area is 215 Å². The zero-order chi connectivity index (χ0) is 25.1. The van der Waals surface area contributed by atoms with Crippen LogP contribution in [0.1, 0.15) is 17.3 Å². The first-order chi connectivity index (χ1) is 17.5. The summed E-state index contributed by atoms with van der Waals surface area (Å²) in [5.41, 5.74) is 15.1. The predicted octanol–water partition coefficient (Wildman–Crippen LogP) is 4.75. The normalized spacial score (nSPS) is 16.6. The van der Waals surface area contributed by atoms with Gasteiger partial charge in [0.1, 0.15) is 12.4 Å². The van der Waals surface area contributed by atoms with E-state index in [1.54, 1.807) is 12.3 Å². The minimum absolute atomic E-state index is 0.120. The molecule has 3 heterocycles. The Kier molecular flexibility index (Phi) is 6.90. The van der Waals surface area contributed by atoms with Crippen LogP contribution in [0.5, 0.6) is 5.75 Å². The average Bonchev–Trinajstić information content (AvgIpc) is 3.26. The van der Waals surface area contributed by atoms with E-state index in [1.807, 2.05) is 73.9 Å². The van der Waals surface area contributed by atoms with Crippen molar-refractivity contribution in [2.75, 3.05) is 38.3 Å². The Morgan fingerprint density at radius 2 is 2.06 bits per heavy atom. The maximum Gasteiger partial charge on any atom is 0.227 e. The van der Waals surface area contributed by atoms with E-state index in [2.05, 4.69) is 32.8 Å². The number of hydrogen-bond acceptors (Lipinski definition) is 8. The standard InChI is InChI=1S/C27H28ClN7O/c1-34(2)14-15-36-24-17-20(9-10-21(24)28)31-27-30-12-11-22(32-27)25-23-8-3-4-13-35(23)33-26(25)18-6-5-7-19(29)16-18/h3-13,16-17,26,33H,14-15,29H2,1-2H3,(H,30,31,32). The highest BCUT2D eigenvalue weighted by Gasteiger charge is 2.33. The minimum Gasteiger partial charge on any atom is -0.491 e. The van der Waals surface area contributed by atoms with Gasteiger partial charge in [0.2, 0.25) is 5.95 Å². The largest absolute Gasteiger partial charge is 0.491 e. The topological polar surface area (TPSA) is 91.6 Å². The molecule has 0 aliphatic carbocycles. The molecule has 0 saturated heterocycles. The lowest BCUT2D eigenvalue weighted by molar-refractivity contribution is 0.261. The quantitative estimate of drug-likeness (QED) is 0.381. The van der Waals surface area contributed by atoms with E-state index in [4.69, 9.17) is 27.1 Å². The zero-order valence-electron chi connectivity index (χ0n) is 20.1. The third-order valence-electron chi connectivity index (χ3n) is 5.85. The summed E-state index contributed by atoms with van der Waals surface area (Å²) in [6.45, 7) is 1.33. The molecule has 0 saturated carbocycles. The van der Waals surface area contributed by atoms with Gasteiger partial charge in [0.05, 0.1) is 22.5 Å². The van der Waals surface area contributed by atoms with E-state index in [1.165, 1.54) is 0 Å². The van der Waals surface area contributed by atoms with Gasteiger partial charge in [0.15, 0.2) is 0 Å². The number of nitrogen functional groups attached to an aromatic ring is 1. The van der Waals surface area contributed by atoms with Crippen LogP contribution in [0.15, 0.2) is 84.9 Å². The molecule has 0 spiro atoms. The minimum atomic E-state index is -0.120. The van der Waals surface area contributed by atoms with Crippen LogP contribution in [0, 0.1) is 0 Å². The molecule has 184 valence electrons. The number of likely N-dealkylation sites (N-methyl/N-ethyl adjacent to an activating group) is 1. The van der Waals surface area contributed by atoms with Crippen molar-refractivity contribution in [1.29, 1.82) is 0 Å². The fourth-order valence-electron chi connectivity index (χ4n) is 4.11. The van der Waals surface area contributed by atoms with Gasteiger partial charge in [0.25, 0.3) is 0 Å². The van der Waals surface area contributed by atoms with Crippen LogP contribution in [0.25, 0.3) is 5.57 Å². The summed E-state index contributed by atoms with van der Waals surface area (Å²) < 4.78 is 5.86. The van der Waals surface area contributed by atoms with Crippen LogP contribution in [-0.4, -0.2) is 47.1 Å². The molecule has 3 aromatic rings. The summed E-state index contributed by atoms with van der Waals surface area (Å²) in [6, 6.07) is 15.2. The van der Waals surface area contributed by atoms with E-state index in [9.17, 15) is 0 Å². The number of aromatic nitrogens is 2. The Bertz CT molecular complexity index is 1350. The maximum atomic E-state index is 6.34. The van der Waals surface area contributed by atoms with Gasteiger partial charge in [-0.25, -0.2) is 15.4 Å². The molecule has 0 radical (unpaired) electrons. The Hall–Kier alpha value is -3.85. The van der Waals surface area contributed by atoms with Crippen LogP contribution in [0.4, 0.5) is 17.3 Å². The van der Waals surface area contributed by atoms with Crippen molar-refractivity contribution in [2.24, 2.45) is 0 Å². The van der Waals surface area contributed by atoms with Crippen molar-refractivity contribution < 1.29 is 4.74 Å². The summed E-state index contributed by atoms with van der Waals surface area (Å²) in [4.78, 5) is 11.4. The van der Waals surface area contributed by atoms with Crippen molar-refractivity contribution in [3.63, 3.8) is 0 Å².